The molecule has 2 fully saturated rings. The molecule has 1 aliphatic carbocycles. The van der Waals surface area contributed by atoms with Gasteiger partial charge < -0.3 is 9.64 Å². The van der Waals surface area contributed by atoms with Gasteiger partial charge in [0.25, 0.3) is 0 Å². The van der Waals surface area contributed by atoms with Crippen LogP contribution in [-0.2, 0) is 10.0 Å². The minimum atomic E-state index is -3.10. The summed E-state index contributed by atoms with van der Waals surface area (Å²) in [5, 5.41) is -0.159. The van der Waals surface area contributed by atoms with Crippen molar-refractivity contribution in [2.24, 2.45) is 0 Å². The first-order chi connectivity index (χ1) is 9.96. The standard InChI is InChI=1S/C13H20N4O3S/c1-16(2)12-7-14-8-13(15-12)20-10-5-6-17(9-10)21(18,19)11-3-4-11/h7-8,10-11H,3-6,9H2,1-2H3. The molecule has 1 saturated carbocycles. The molecule has 0 aromatic carbocycles. The largest absolute Gasteiger partial charge is 0.472 e. The van der Waals surface area contributed by atoms with Crippen molar-refractivity contribution < 1.29 is 13.2 Å². The Kier molecular flexibility index (Phi) is 3.75. The van der Waals surface area contributed by atoms with Crippen molar-refractivity contribution in [3.8, 4) is 5.88 Å². The Bertz CT molecular complexity index is 616. The highest BCUT2D eigenvalue weighted by Crippen LogP contribution is 2.33. The van der Waals surface area contributed by atoms with E-state index in [9.17, 15) is 8.42 Å². The van der Waals surface area contributed by atoms with E-state index in [1.165, 1.54) is 0 Å². The van der Waals surface area contributed by atoms with E-state index in [-0.39, 0.29) is 11.4 Å². The molecule has 1 unspecified atom stereocenters. The van der Waals surface area contributed by atoms with Crippen LogP contribution in [0.25, 0.3) is 0 Å². The Balaban J connectivity index is 1.63. The van der Waals surface area contributed by atoms with Gasteiger partial charge in [0.2, 0.25) is 15.9 Å². The van der Waals surface area contributed by atoms with Gasteiger partial charge in [0.1, 0.15) is 6.10 Å². The number of anilines is 1. The van der Waals surface area contributed by atoms with Crippen molar-refractivity contribution in [1.29, 1.82) is 0 Å². The summed E-state index contributed by atoms with van der Waals surface area (Å²) in [6, 6.07) is 0. The minimum Gasteiger partial charge on any atom is -0.472 e. The van der Waals surface area contributed by atoms with E-state index in [2.05, 4.69) is 9.97 Å². The molecule has 3 rings (SSSR count). The van der Waals surface area contributed by atoms with Crippen LogP contribution in [0.1, 0.15) is 19.3 Å². The van der Waals surface area contributed by atoms with Crippen molar-refractivity contribution >= 4 is 15.8 Å². The molecule has 0 radical (unpaired) electrons. The number of ether oxygens (including phenoxy) is 1. The smallest absolute Gasteiger partial charge is 0.234 e. The first-order valence-electron chi connectivity index (χ1n) is 7.12. The summed E-state index contributed by atoms with van der Waals surface area (Å²) in [5.74, 6) is 1.16. The molecule has 0 N–H and O–H groups in total. The summed E-state index contributed by atoms with van der Waals surface area (Å²) in [6.45, 7) is 0.941. The summed E-state index contributed by atoms with van der Waals surface area (Å²) < 4.78 is 31.7. The molecule has 1 aromatic rings. The SMILES string of the molecule is CN(C)c1cncc(OC2CCN(S(=O)(=O)C3CC3)C2)n1. The van der Waals surface area contributed by atoms with E-state index in [0.29, 0.717) is 31.2 Å². The molecule has 8 heteroatoms. The zero-order valence-corrected chi connectivity index (χ0v) is 13.1. The normalized spacial score (nSPS) is 23.2. The second-order valence-corrected chi connectivity index (χ2v) is 7.95. The van der Waals surface area contributed by atoms with E-state index in [1.807, 2.05) is 19.0 Å². The van der Waals surface area contributed by atoms with Crippen molar-refractivity contribution in [3.05, 3.63) is 12.4 Å². The van der Waals surface area contributed by atoms with E-state index in [4.69, 9.17) is 4.74 Å². The zero-order valence-electron chi connectivity index (χ0n) is 12.3. The summed E-state index contributed by atoms with van der Waals surface area (Å²) in [4.78, 5) is 10.3. The van der Waals surface area contributed by atoms with Crippen molar-refractivity contribution in [3.63, 3.8) is 0 Å². The van der Waals surface area contributed by atoms with E-state index < -0.39 is 10.0 Å². The van der Waals surface area contributed by atoms with Crippen LogP contribution in [0.5, 0.6) is 5.88 Å². The molecule has 7 nitrogen and oxygen atoms in total. The van der Waals surface area contributed by atoms with Crippen LogP contribution in [0.4, 0.5) is 5.82 Å². The maximum absolute atomic E-state index is 12.2. The van der Waals surface area contributed by atoms with Gasteiger partial charge in [-0.25, -0.2) is 8.42 Å². The fourth-order valence-electron chi connectivity index (χ4n) is 2.38. The predicted octanol–water partition coefficient (Wildman–Crippen LogP) is 0.488. The second kappa shape index (κ2) is 5.42. The zero-order chi connectivity index (χ0) is 15.0. The third-order valence-corrected chi connectivity index (χ3v) is 6.12. The summed E-state index contributed by atoms with van der Waals surface area (Å²) in [6.07, 6.45) is 5.35. The molecule has 1 saturated heterocycles. The second-order valence-electron chi connectivity index (χ2n) is 5.74. The summed E-state index contributed by atoms with van der Waals surface area (Å²) >= 11 is 0. The minimum absolute atomic E-state index is 0.148. The van der Waals surface area contributed by atoms with Crippen LogP contribution in [-0.4, -0.2) is 61.2 Å². The summed E-state index contributed by atoms with van der Waals surface area (Å²) in [7, 11) is 0.661. The third kappa shape index (κ3) is 3.11. The molecule has 2 heterocycles. The van der Waals surface area contributed by atoms with E-state index >= 15 is 0 Å². The average Bonchev–Trinajstić information content (AvgIpc) is 3.20. The Morgan fingerprint density at radius 3 is 2.71 bits per heavy atom. The predicted molar refractivity (Wildman–Crippen MR) is 78.9 cm³/mol. The Morgan fingerprint density at radius 1 is 1.29 bits per heavy atom. The molecular formula is C13H20N4O3S. The van der Waals surface area contributed by atoms with Crippen LogP contribution in [0.15, 0.2) is 12.4 Å². The van der Waals surface area contributed by atoms with Gasteiger partial charge in [0, 0.05) is 20.6 Å². The topological polar surface area (TPSA) is 75.6 Å². The Labute approximate surface area is 125 Å². The molecule has 21 heavy (non-hydrogen) atoms. The van der Waals surface area contributed by atoms with Gasteiger partial charge in [-0.05, 0) is 19.3 Å². The Morgan fingerprint density at radius 2 is 2.05 bits per heavy atom. The highest BCUT2D eigenvalue weighted by atomic mass is 32.2. The summed E-state index contributed by atoms with van der Waals surface area (Å²) in [5.41, 5.74) is 0. The molecule has 0 amide bonds. The molecular weight excluding hydrogens is 292 g/mol. The number of sulfonamides is 1. The first-order valence-corrected chi connectivity index (χ1v) is 8.62. The lowest BCUT2D eigenvalue weighted by molar-refractivity contribution is 0.206. The molecule has 0 bridgehead atoms. The van der Waals surface area contributed by atoms with Gasteiger partial charge in [0.15, 0.2) is 5.82 Å². The fourth-order valence-corrected chi connectivity index (χ4v) is 4.27. The van der Waals surface area contributed by atoms with Crippen molar-refractivity contribution in [1.82, 2.24) is 14.3 Å². The number of hydrogen-bond donors (Lipinski definition) is 0. The lowest BCUT2D eigenvalue weighted by atomic mass is 10.3. The maximum atomic E-state index is 12.2. The van der Waals surface area contributed by atoms with Gasteiger partial charge in [-0.15, -0.1) is 0 Å². The monoisotopic (exact) mass is 312 g/mol. The number of aromatic nitrogens is 2. The van der Waals surface area contributed by atoms with Gasteiger partial charge >= 0.3 is 0 Å². The number of rotatable bonds is 5. The quantitative estimate of drug-likeness (QED) is 0.787. The molecule has 116 valence electrons. The maximum Gasteiger partial charge on any atom is 0.234 e. The molecule has 1 aliphatic heterocycles. The molecule has 2 aliphatic rings. The van der Waals surface area contributed by atoms with E-state index in [1.54, 1.807) is 16.7 Å². The lowest BCUT2D eigenvalue weighted by Crippen LogP contribution is -2.33. The highest BCUT2D eigenvalue weighted by Gasteiger charge is 2.43. The number of nitrogens with zero attached hydrogens (tertiary/aromatic N) is 4. The van der Waals surface area contributed by atoms with E-state index in [0.717, 1.165) is 12.8 Å². The highest BCUT2D eigenvalue weighted by molar-refractivity contribution is 7.90. The van der Waals surface area contributed by atoms with Gasteiger partial charge in [-0.1, -0.05) is 0 Å². The van der Waals surface area contributed by atoms with Crippen molar-refractivity contribution in [2.75, 3.05) is 32.1 Å². The molecule has 0 spiro atoms. The van der Waals surface area contributed by atoms with Gasteiger partial charge in [0.05, 0.1) is 24.2 Å². The van der Waals surface area contributed by atoms with Crippen LogP contribution >= 0.6 is 0 Å². The molecule has 1 atom stereocenters. The van der Waals surface area contributed by atoms with Crippen LogP contribution in [0.3, 0.4) is 0 Å². The third-order valence-electron chi connectivity index (χ3n) is 3.76. The molecule has 1 aromatic heterocycles. The van der Waals surface area contributed by atoms with Crippen LogP contribution in [0, 0.1) is 0 Å². The van der Waals surface area contributed by atoms with Crippen molar-refractivity contribution in [2.45, 2.75) is 30.6 Å². The van der Waals surface area contributed by atoms with Gasteiger partial charge in [-0.2, -0.15) is 9.29 Å². The Hall–Kier alpha value is -1.41. The number of hydrogen-bond acceptors (Lipinski definition) is 6. The fraction of sp³-hybridized carbons (Fsp3) is 0.692. The van der Waals surface area contributed by atoms with Crippen LogP contribution < -0.4 is 9.64 Å². The first kappa shape index (κ1) is 14.5. The van der Waals surface area contributed by atoms with Gasteiger partial charge in [-0.3, -0.25) is 4.98 Å². The van der Waals surface area contributed by atoms with Crippen LogP contribution in [0.2, 0.25) is 0 Å². The lowest BCUT2D eigenvalue weighted by Gasteiger charge is -2.17. The average molecular weight is 312 g/mol.